The van der Waals surface area contributed by atoms with E-state index in [1.54, 1.807) is 7.05 Å². The van der Waals surface area contributed by atoms with Gasteiger partial charge in [0.2, 0.25) is 5.03 Å². The summed E-state index contributed by atoms with van der Waals surface area (Å²) in [4.78, 5) is 3.84. The summed E-state index contributed by atoms with van der Waals surface area (Å²) in [5, 5.41) is 0.0202. The number of rotatable bonds is 3. The van der Waals surface area contributed by atoms with Crippen molar-refractivity contribution in [3.8, 4) is 0 Å². The van der Waals surface area contributed by atoms with Crippen molar-refractivity contribution in [3.05, 3.63) is 11.5 Å². The van der Waals surface area contributed by atoms with Crippen LogP contribution < -0.4 is 0 Å². The highest BCUT2D eigenvalue weighted by atomic mass is 35.5. The Morgan fingerprint density at radius 2 is 2.35 bits per heavy atom. The fraction of sp³-hybridized carbons (Fsp3) is 0.667. The van der Waals surface area contributed by atoms with E-state index < -0.39 is 10.0 Å². The molecule has 96 valence electrons. The standard InChI is InChI=1S/C9H14ClN3O3S/c1-12-6-11-9(8(12)10)17(14,15)13(2)7-3-4-16-5-7/h6-7H,3-5H2,1-2H3. The smallest absolute Gasteiger partial charge is 0.263 e. The maximum Gasteiger partial charge on any atom is 0.263 e. The van der Waals surface area contributed by atoms with Crippen molar-refractivity contribution in [2.45, 2.75) is 17.5 Å². The van der Waals surface area contributed by atoms with Gasteiger partial charge in [0.1, 0.15) is 5.15 Å². The Kier molecular flexibility index (Phi) is 3.44. The van der Waals surface area contributed by atoms with Gasteiger partial charge in [0.25, 0.3) is 10.0 Å². The molecule has 0 bridgehead atoms. The van der Waals surface area contributed by atoms with Crippen LogP contribution in [0.15, 0.2) is 11.4 Å². The molecule has 0 amide bonds. The van der Waals surface area contributed by atoms with Crippen molar-refractivity contribution in [3.63, 3.8) is 0 Å². The molecule has 1 aliphatic rings. The lowest BCUT2D eigenvalue weighted by molar-refractivity contribution is 0.181. The third kappa shape index (κ3) is 2.20. The van der Waals surface area contributed by atoms with E-state index in [1.807, 2.05) is 0 Å². The zero-order valence-electron chi connectivity index (χ0n) is 9.63. The van der Waals surface area contributed by atoms with Gasteiger partial charge in [0.05, 0.1) is 19.0 Å². The number of hydrogen-bond acceptors (Lipinski definition) is 4. The summed E-state index contributed by atoms with van der Waals surface area (Å²) in [7, 11) is -0.469. The van der Waals surface area contributed by atoms with Crippen LogP contribution in [0.4, 0.5) is 0 Å². The van der Waals surface area contributed by atoms with Crippen molar-refractivity contribution in [1.29, 1.82) is 0 Å². The maximum absolute atomic E-state index is 12.3. The first-order valence-corrected chi connectivity index (χ1v) is 6.99. The van der Waals surface area contributed by atoms with Gasteiger partial charge in [-0.2, -0.15) is 4.31 Å². The van der Waals surface area contributed by atoms with Crippen LogP contribution in [-0.2, 0) is 21.8 Å². The molecule has 1 aromatic rings. The number of aromatic nitrogens is 2. The number of halogens is 1. The monoisotopic (exact) mass is 279 g/mol. The van der Waals surface area contributed by atoms with Gasteiger partial charge in [0, 0.05) is 20.7 Å². The average Bonchev–Trinajstić information content (AvgIpc) is 2.89. The first-order chi connectivity index (χ1) is 7.94. The number of hydrogen-bond donors (Lipinski definition) is 0. The van der Waals surface area contributed by atoms with Crippen molar-refractivity contribution in [2.24, 2.45) is 7.05 Å². The summed E-state index contributed by atoms with van der Waals surface area (Å²) >= 11 is 5.91. The lowest BCUT2D eigenvalue weighted by atomic mass is 10.3. The van der Waals surface area contributed by atoms with Gasteiger partial charge >= 0.3 is 0 Å². The van der Waals surface area contributed by atoms with Crippen LogP contribution in [0.25, 0.3) is 0 Å². The zero-order chi connectivity index (χ0) is 12.6. The Balaban J connectivity index is 2.32. The Hall–Kier alpha value is -0.630. The lowest BCUT2D eigenvalue weighted by Crippen LogP contribution is -2.37. The highest BCUT2D eigenvalue weighted by Gasteiger charge is 2.33. The van der Waals surface area contributed by atoms with E-state index in [4.69, 9.17) is 16.3 Å². The predicted octanol–water partition coefficient (Wildman–Crippen LogP) is 0.483. The predicted molar refractivity (Wildman–Crippen MR) is 62.4 cm³/mol. The van der Waals surface area contributed by atoms with E-state index in [-0.39, 0.29) is 16.2 Å². The fourth-order valence-corrected chi connectivity index (χ4v) is 3.46. The highest BCUT2D eigenvalue weighted by Crippen LogP contribution is 2.24. The SMILES string of the molecule is CN(C1CCOC1)S(=O)(=O)c1ncn(C)c1Cl. The second kappa shape index (κ2) is 4.56. The van der Waals surface area contributed by atoms with E-state index in [9.17, 15) is 8.42 Å². The normalized spacial score (nSPS) is 21.3. The number of imidazole rings is 1. The minimum atomic E-state index is -3.64. The van der Waals surface area contributed by atoms with Gasteiger partial charge in [-0.25, -0.2) is 13.4 Å². The topological polar surface area (TPSA) is 64.4 Å². The van der Waals surface area contributed by atoms with E-state index in [2.05, 4.69) is 4.98 Å². The van der Waals surface area contributed by atoms with Crippen molar-refractivity contribution >= 4 is 21.6 Å². The fourth-order valence-electron chi connectivity index (χ4n) is 1.71. The summed E-state index contributed by atoms with van der Waals surface area (Å²) in [6, 6.07) is -0.141. The number of likely N-dealkylation sites (N-methyl/N-ethyl adjacent to an activating group) is 1. The largest absolute Gasteiger partial charge is 0.380 e. The number of nitrogens with zero attached hydrogens (tertiary/aromatic N) is 3. The van der Waals surface area contributed by atoms with E-state index in [1.165, 1.54) is 22.2 Å². The van der Waals surface area contributed by atoms with Crippen LogP contribution in [0.5, 0.6) is 0 Å². The molecule has 1 atom stereocenters. The first kappa shape index (κ1) is 12.8. The first-order valence-electron chi connectivity index (χ1n) is 5.17. The Morgan fingerprint density at radius 1 is 1.65 bits per heavy atom. The molecule has 1 saturated heterocycles. The molecule has 0 aliphatic carbocycles. The summed E-state index contributed by atoms with van der Waals surface area (Å²) < 4.78 is 32.5. The van der Waals surface area contributed by atoms with Gasteiger partial charge in [-0.05, 0) is 6.42 Å². The molecule has 2 rings (SSSR count). The molecule has 1 aliphatic heterocycles. The third-order valence-electron chi connectivity index (χ3n) is 2.88. The van der Waals surface area contributed by atoms with Gasteiger partial charge in [0.15, 0.2) is 0 Å². The van der Waals surface area contributed by atoms with E-state index >= 15 is 0 Å². The molecule has 0 spiro atoms. The highest BCUT2D eigenvalue weighted by molar-refractivity contribution is 7.89. The van der Waals surface area contributed by atoms with Crippen LogP contribution in [0.3, 0.4) is 0 Å². The molecule has 0 radical (unpaired) electrons. The molecule has 1 aromatic heterocycles. The van der Waals surface area contributed by atoms with Crippen LogP contribution in [0, 0.1) is 0 Å². The molecule has 0 N–H and O–H groups in total. The number of aryl methyl sites for hydroxylation is 1. The second-order valence-electron chi connectivity index (χ2n) is 3.99. The molecule has 17 heavy (non-hydrogen) atoms. The molecule has 1 fully saturated rings. The van der Waals surface area contributed by atoms with Crippen molar-refractivity contribution < 1.29 is 13.2 Å². The van der Waals surface area contributed by atoms with Crippen molar-refractivity contribution in [2.75, 3.05) is 20.3 Å². The Labute approximate surface area is 105 Å². The van der Waals surface area contributed by atoms with Gasteiger partial charge in [-0.1, -0.05) is 11.6 Å². The van der Waals surface area contributed by atoms with Gasteiger partial charge < -0.3 is 9.30 Å². The van der Waals surface area contributed by atoms with Crippen LogP contribution in [0.2, 0.25) is 5.15 Å². The van der Waals surface area contributed by atoms with E-state index in [0.29, 0.717) is 19.6 Å². The van der Waals surface area contributed by atoms with E-state index in [0.717, 1.165) is 0 Å². The van der Waals surface area contributed by atoms with Crippen LogP contribution >= 0.6 is 11.6 Å². The number of sulfonamides is 1. The summed E-state index contributed by atoms with van der Waals surface area (Å²) in [6.07, 6.45) is 2.08. The quantitative estimate of drug-likeness (QED) is 0.807. The molecule has 1 unspecified atom stereocenters. The maximum atomic E-state index is 12.3. The van der Waals surface area contributed by atoms with Crippen LogP contribution in [-0.4, -0.2) is 48.6 Å². The van der Waals surface area contributed by atoms with Gasteiger partial charge in [-0.15, -0.1) is 0 Å². The molecule has 0 aromatic carbocycles. The molecule has 2 heterocycles. The number of ether oxygens (including phenoxy) is 1. The Bertz CT molecular complexity index is 508. The molecule has 0 saturated carbocycles. The third-order valence-corrected chi connectivity index (χ3v) is 5.28. The molecule has 6 nitrogen and oxygen atoms in total. The molecule has 8 heteroatoms. The summed E-state index contributed by atoms with van der Waals surface area (Å²) in [5.41, 5.74) is 0. The zero-order valence-corrected chi connectivity index (χ0v) is 11.2. The van der Waals surface area contributed by atoms with Crippen LogP contribution in [0.1, 0.15) is 6.42 Å². The second-order valence-corrected chi connectivity index (χ2v) is 6.26. The minimum Gasteiger partial charge on any atom is -0.380 e. The average molecular weight is 280 g/mol. The minimum absolute atomic E-state index is 0.101. The van der Waals surface area contributed by atoms with Crippen molar-refractivity contribution in [1.82, 2.24) is 13.9 Å². The molecular formula is C9H14ClN3O3S. The summed E-state index contributed by atoms with van der Waals surface area (Å²) in [5.74, 6) is 0. The van der Waals surface area contributed by atoms with Gasteiger partial charge in [-0.3, -0.25) is 0 Å². The summed E-state index contributed by atoms with van der Waals surface area (Å²) in [6.45, 7) is 1.00. The lowest BCUT2D eigenvalue weighted by Gasteiger charge is -2.21. The molecular weight excluding hydrogens is 266 g/mol. The Morgan fingerprint density at radius 3 is 2.82 bits per heavy atom.